The average Bonchev–Trinajstić information content (AvgIpc) is 2.13. The molecule has 0 aliphatic rings. The summed E-state index contributed by atoms with van der Waals surface area (Å²) in [6.07, 6.45) is 1.26. The van der Waals surface area contributed by atoms with Crippen LogP contribution < -0.4 is 0 Å². The zero-order valence-electron chi connectivity index (χ0n) is 8.86. The number of rotatable bonds is 6. The van der Waals surface area contributed by atoms with Crippen LogP contribution in [0.15, 0.2) is 0 Å². The van der Waals surface area contributed by atoms with Crippen molar-refractivity contribution in [2.45, 2.75) is 52.2 Å². The van der Waals surface area contributed by atoms with E-state index in [9.17, 15) is 14.9 Å². The molecular formula is C9H17NO4. The zero-order valence-corrected chi connectivity index (χ0v) is 8.86. The third-order valence-corrected chi connectivity index (χ3v) is 1.98. The summed E-state index contributed by atoms with van der Waals surface area (Å²) >= 11 is 0. The van der Waals surface area contributed by atoms with E-state index in [0.29, 0.717) is 12.8 Å². The maximum absolute atomic E-state index is 11.3. The molecule has 5 heteroatoms. The Balaban J connectivity index is 4.22. The van der Waals surface area contributed by atoms with Crippen LogP contribution in [-0.4, -0.2) is 23.0 Å². The Morgan fingerprint density at radius 2 is 2.07 bits per heavy atom. The maximum atomic E-state index is 11.3. The fourth-order valence-electron chi connectivity index (χ4n) is 0.943. The van der Waals surface area contributed by atoms with Crippen molar-refractivity contribution in [1.29, 1.82) is 0 Å². The van der Waals surface area contributed by atoms with Crippen molar-refractivity contribution in [3.05, 3.63) is 10.1 Å². The van der Waals surface area contributed by atoms with Crippen molar-refractivity contribution in [3.8, 4) is 0 Å². The first-order valence-corrected chi connectivity index (χ1v) is 4.86. The number of nitrogens with zero attached hydrogens (tertiary/aromatic N) is 1. The molecular weight excluding hydrogens is 186 g/mol. The first kappa shape index (κ1) is 12.9. The lowest BCUT2D eigenvalue weighted by molar-refractivity contribution is -0.511. The molecule has 0 aromatic heterocycles. The van der Waals surface area contributed by atoms with Crippen molar-refractivity contribution in [2.75, 3.05) is 0 Å². The normalized spacial score (nSPS) is 14.5. The van der Waals surface area contributed by atoms with Gasteiger partial charge in [0.25, 0.3) is 0 Å². The van der Waals surface area contributed by atoms with Crippen LogP contribution in [0.5, 0.6) is 0 Å². The SMILES string of the molecule is CCCC(C(=O)OC(C)CC)[N+](=O)[O-]. The molecule has 0 heterocycles. The first-order valence-electron chi connectivity index (χ1n) is 4.86. The monoisotopic (exact) mass is 203 g/mol. The Bertz CT molecular complexity index is 205. The highest BCUT2D eigenvalue weighted by molar-refractivity contribution is 5.74. The molecule has 2 atom stereocenters. The second-order valence-electron chi connectivity index (χ2n) is 3.25. The van der Waals surface area contributed by atoms with Crippen LogP contribution in [0.25, 0.3) is 0 Å². The average molecular weight is 203 g/mol. The molecule has 0 amide bonds. The van der Waals surface area contributed by atoms with Gasteiger partial charge in [0.1, 0.15) is 0 Å². The number of nitro groups is 1. The quantitative estimate of drug-likeness (QED) is 0.375. The molecule has 0 aliphatic carbocycles. The fraction of sp³-hybridized carbons (Fsp3) is 0.889. The van der Waals surface area contributed by atoms with Crippen LogP contribution in [0.4, 0.5) is 0 Å². The van der Waals surface area contributed by atoms with Gasteiger partial charge in [-0.3, -0.25) is 10.1 Å². The summed E-state index contributed by atoms with van der Waals surface area (Å²) in [5.41, 5.74) is 0. The summed E-state index contributed by atoms with van der Waals surface area (Å²) < 4.78 is 4.89. The van der Waals surface area contributed by atoms with Gasteiger partial charge in [-0.05, 0) is 19.8 Å². The summed E-state index contributed by atoms with van der Waals surface area (Å²) in [6, 6.07) is -1.20. The number of hydrogen-bond acceptors (Lipinski definition) is 4. The van der Waals surface area contributed by atoms with Crippen LogP contribution in [0.1, 0.15) is 40.0 Å². The lowest BCUT2D eigenvalue weighted by atomic mass is 10.2. The summed E-state index contributed by atoms with van der Waals surface area (Å²) in [4.78, 5) is 21.2. The highest BCUT2D eigenvalue weighted by atomic mass is 16.6. The standard InChI is InChI=1S/C9H17NO4/c1-4-6-8(10(12)13)9(11)14-7(3)5-2/h7-8H,4-6H2,1-3H3. The molecule has 5 nitrogen and oxygen atoms in total. The first-order chi connectivity index (χ1) is 6.52. The largest absolute Gasteiger partial charge is 0.458 e. The van der Waals surface area contributed by atoms with Crippen molar-refractivity contribution in [3.63, 3.8) is 0 Å². The Hall–Kier alpha value is -1.13. The minimum atomic E-state index is -1.20. The van der Waals surface area contributed by atoms with E-state index in [1.54, 1.807) is 13.8 Å². The van der Waals surface area contributed by atoms with E-state index in [1.807, 2.05) is 6.92 Å². The molecule has 0 spiro atoms. The summed E-state index contributed by atoms with van der Waals surface area (Å²) in [5.74, 6) is -0.716. The van der Waals surface area contributed by atoms with Gasteiger partial charge in [-0.15, -0.1) is 0 Å². The van der Waals surface area contributed by atoms with Crippen LogP contribution >= 0.6 is 0 Å². The maximum Gasteiger partial charge on any atom is 0.381 e. The van der Waals surface area contributed by atoms with E-state index >= 15 is 0 Å². The lowest BCUT2D eigenvalue weighted by Gasteiger charge is -2.12. The molecule has 0 radical (unpaired) electrons. The zero-order chi connectivity index (χ0) is 11.1. The van der Waals surface area contributed by atoms with Crippen LogP contribution in [0.2, 0.25) is 0 Å². The number of carbonyl (C=O) groups excluding carboxylic acids is 1. The minimum absolute atomic E-state index is 0.238. The minimum Gasteiger partial charge on any atom is -0.458 e. The van der Waals surface area contributed by atoms with Crippen LogP contribution in [-0.2, 0) is 9.53 Å². The molecule has 2 unspecified atom stereocenters. The predicted molar refractivity (Wildman–Crippen MR) is 51.5 cm³/mol. The second-order valence-corrected chi connectivity index (χ2v) is 3.25. The molecule has 14 heavy (non-hydrogen) atoms. The summed E-state index contributed by atoms with van der Waals surface area (Å²) in [6.45, 7) is 5.38. The van der Waals surface area contributed by atoms with Gasteiger partial charge in [-0.2, -0.15) is 0 Å². The van der Waals surface area contributed by atoms with Crippen LogP contribution in [0, 0.1) is 10.1 Å². The molecule has 0 aromatic rings. The number of ether oxygens (including phenoxy) is 1. The highest BCUT2D eigenvalue weighted by Gasteiger charge is 2.31. The van der Waals surface area contributed by atoms with Gasteiger partial charge in [-0.1, -0.05) is 13.8 Å². The van der Waals surface area contributed by atoms with Crippen molar-refractivity contribution in [1.82, 2.24) is 0 Å². The van der Waals surface area contributed by atoms with E-state index < -0.39 is 16.9 Å². The van der Waals surface area contributed by atoms with Gasteiger partial charge in [0, 0.05) is 11.3 Å². The van der Waals surface area contributed by atoms with Crippen molar-refractivity contribution >= 4 is 5.97 Å². The van der Waals surface area contributed by atoms with Crippen molar-refractivity contribution in [2.24, 2.45) is 0 Å². The summed E-state index contributed by atoms with van der Waals surface area (Å²) in [7, 11) is 0. The third-order valence-electron chi connectivity index (χ3n) is 1.98. The Kier molecular flexibility index (Phi) is 5.83. The molecule has 0 saturated carbocycles. The van der Waals surface area contributed by atoms with Gasteiger partial charge in [-0.25, -0.2) is 4.79 Å². The molecule has 0 N–H and O–H groups in total. The van der Waals surface area contributed by atoms with Gasteiger partial charge in [0.05, 0.1) is 6.10 Å². The number of carbonyl (C=O) groups is 1. The Labute approximate surface area is 83.6 Å². The van der Waals surface area contributed by atoms with Crippen molar-refractivity contribution < 1.29 is 14.5 Å². The molecule has 0 aromatic carbocycles. The molecule has 0 saturated heterocycles. The highest BCUT2D eigenvalue weighted by Crippen LogP contribution is 2.06. The molecule has 0 rings (SSSR count). The summed E-state index contributed by atoms with van der Waals surface area (Å²) in [5, 5.41) is 10.5. The molecule has 0 bridgehead atoms. The lowest BCUT2D eigenvalue weighted by Crippen LogP contribution is -2.33. The van der Waals surface area contributed by atoms with E-state index in [2.05, 4.69) is 0 Å². The predicted octanol–water partition coefficient (Wildman–Crippen LogP) is 1.77. The topological polar surface area (TPSA) is 69.4 Å². The van der Waals surface area contributed by atoms with Gasteiger partial charge < -0.3 is 4.74 Å². The Morgan fingerprint density at radius 1 is 1.50 bits per heavy atom. The fourth-order valence-corrected chi connectivity index (χ4v) is 0.943. The smallest absolute Gasteiger partial charge is 0.381 e. The Morgan fingerprint density at radius 3 is 2.43 bits per heavy atom. The number of esters is 1. The molecule has 82 valence electrons. The molecule has 0 aliphatic heterocycles. The molecule has 0 fully saturated rings. The van der Waals surface area contributed by atoms with E-state index in [4.69, 9.17) is 4.74 Å². The van der Waals surface area contributed by atoms with Gasteiger partial charge in [0.15, 0.2) is 0 Å². The third kappa shape index (κ3) is 4.20. The number of hydrogen-bond donors (Lipinski definition) is 0. The van der Waals surface area contributed by atoms with E-state index in [1.165, 1.54) is 0 Å². The van der Waals surface area contributed by atoms with E-state index in [0.717, 1.165) is 0 Å². The van der Waals surface area contributed by atoms with Gasteiger partial charge >= 0.3 is 12.0 Å². The van der Waals surface area contributed by atoms with Crippen LogP contribution in [0.3, 0.4) is 0 Å². The second kappa shape index (κ2) is 6.34. The van der Waals surface area contributed by atoms with Gasteiger partial charge in [0.2, 0.25) is 0 Å². The van der Waals surface area contributed by atoms with E-state index in [-0.39, 0.29) is 12.5 Å².